The number of ketones is 1. The van der Waals surface area contributed by atoms with Crippen LogP contribution in [0, 0.1) is 13.8 Å². The van der Waals surface area contributed by atoms with E-state index in [1.807, 2.05) is 30.5 Å². The van der Waals surface area contributed by atoms with Crippen LogP contribution in [0.25, 0.3) is 5.52 Å². The average Bonchev–Trinajstić information content (AvgIpc) is 3.21. The predicted octanol–water partition coefficient (Wildman–Crippen LogP) is 5.15. The number of pyridine rings is 1. The average molecular weight is 410 g/mol. The summed E-state index contributed by atoms with van der Waals surface area (Å²) >= 11 is 7.30. The Labute approximate surface area is 170 Å². The third-order valence-corrected chi connectivity index (χ3v) is 5.60. The van der Waals surface area contributed by atoms with E-state index in [0.29, 0.717) is 38.1 Å². The fraction of sp³-hybridized carbons (Fsp3) is 0.0952. The molecule has 0 aliphatic carbocycles. The van der Waals surface area contributed by atoms with Gasteiger partial charge in [-0.2, -0.15) is 0 Å². The molecule has 0 radical (unpaired) electrons. The molecule has 3 aromatic heterocycles. The highest BCUT2D eigenvalue weighted by Gasteiger charge is 2.25. The number of thiazole rings is 1. The monoisotopic (exact) mass is 409 g/mol. The maximum Gasteiger partial charge on any atom is 0.259 e. The summed E-state index contributed by atoms with van der Waals surface area (Å²) in [6.45, 7) is 3.66. The van der Waals surface area contributed by atoms with Crippen molar-refractivity contribution in [1.82, 2.24) is 9.38 Å². The number of nitrogens with zero attached hydrogens (tertiary/aromatic N) is 2. The van der Waals surface area contributed by atoms with Crippen LogP contribution in [0.1, 0.15) is 37.7 Å². The first kappa shape index (κ1) is 18.4. The second kappa shape index (κ2) is 7.22. The zero-order valence-corrected chi connectivity index (χ0v) is 16.8. The molecule has 1 N–H and O–H groups in total. The molecular weight excluding hydrogens is 394 g/mol. The molecule has 1 aromatic carbocycles. The molecule has 0 atom stereocenters. The SMILES string of the molecule is Cc1csc(NC(=O)c2c(C)c(C(=O)c3ccc(Cl)cc3)n3ccccc23)n1. The number of hydrogen-bond acceptors (Lipinski definition) is 4. The first-order chi connectivity index (χ1) is 13.5. The summed E-state index contributed by atoms with van der Waals surface area (Å²) in [4.78, 5) is 30.5. The van der Waals surface area contributed by atoms with Crippen LogP contribution in [0.3, 0.4) is 0 Å². The molecule has 0 aliphatic rings. The Morgan fingerprint density at radius 3 is 2.54 bits per heavy atom. The van der Waals surface area contributed by atoms with Crippen molar-refractivity contribution in [3.05, 3.63) is 87.1 Å². The van der Waals surface area contributed by atoms with Gasteiger partial charge in [0.1, 0.15) is 0 Å². The number of aryl methyl sites for hydroxylation is 1. The Morgan fingerprint density at radius 1 is 1.11 bits per heavy atom. The Kier molecular flexibility index (Phi) is 4.75. The second-order valence-corrected chi connectivity index (χ2v) is 7.68. The van der Waals surface area contributed by atoms with Gasteiger partial charge in [0.15, 0.2) is 5.13 Å². The Balaban J connectivity index is 1.82. The van der Waals surface area contributed by atoms with E-state index in [1.165, 1.54) is 11.3 Å². The van der Waals surface area contributed by atoms with Gasteiger partial charge < -0.3 is 4.40 Å². The molecule has 0 saturated carbocycles. The molecule has 0 saturated heterocycles. The molecule has 0 spiro atoms. The van der Waals surface area contributed by atoms with Crippen LogP contribution in [0.4, 0.5) is 5.13 Å². The fourth-order valence-electron chi connectivity index (χ4n) is 3.21. The van der Waals surface area contributed by atoms with E-state index in [1.54, 1.807) is 41.8 Å². The topological polar surface area (TPSA) is 63.5 Å². The third kappa shape index (κ3) is 3.21. The molecule has 3 heterocycles. The summed E-state index contributed by atoms with van der Waals surface area (Å²) in [7, 11) is 0. The number of amides is 1. The van der Waals surface area contributed by atoms with Crippen LogP contribution in [-0.2, 0) is 0 Å². The van der Waals surface area contributed by atoms with Crippen LogP contribution in [0.5, 0.6) is 0 Å². The minimum absolute atomic E-state index is 0.167. The Morgan fingerprint density at radius 2 is 1.86 bits per heavy atom. The molecule has 0 unspecified atom stereocenters. The largest absolute Gasteiger partial charge is 0.313 e. The van der Waals surface area contributed by atoms with Crippen molar-refractivity contribution >= 4 is 45.3 Å². The quantitative estimate of drug-likeness (QED) is 0.474. The van der Waals surface area contributed by atoms with E-state index >= 15 is 0 Å². The lowest BCUT2D eigenvalue weighted by molar-refractivity contribution is 0.102. The van der Waals surface area contributed by atoms with Crippen molar-refractivity contribution in [2.45, 2.75) is 13.8 Å². The number of fused-ring (bicyclic) bond motifs is 1. The van der Waals surface area contributed by atoms with Gasteiger partial charge in [0.25, 0.3) is 5.91 Å². The van der Waals surface area contributed by atoms with Crippen molar-refractivity contribution in [2.75, 3.05) is 5.32 Å². The van der Waals surface area contributed by atoms with Gasteiger partial charge >= 0.3 is 0 Å². The lowest BCUT2D eigenvalue weighted by Gasteiger charge is -2.04. The molecule has 140 valence electrons. The standard InChI is InChI=1S/C21H16ClN3O2S/c1-12-11-28-21(23-12)24-20(27)17-13(2)18(25-10-4-3-5-16(17)25)19(26)14-6-8-15(22)9-7-14/h3-11H,1-2H3,(H,23,24,27). The van der Waals surface area contributed by atoms with E-state index in [0.717, 1.165) is 5.69 Å². The third-order valence-electron chi connectivity index (χ3n) is 4.48. The van der Waals surface area contributed by atoms with Gasteiger partial charge in [-0.15, -0.1) is 11.3 Å². The summed E-state index contributed by atoms with van der Waals surface area (Å²) in [6.07, 6.45) is 1.79. The number of aromatic nitrogens is 2. The van der Waals surface area contributed by atoms with Crippen molar-refractivity contribution in [2.24, 2.45) is 0 Å². The number of rotatable bonds is 4. The summed E-state index contributed by atoms with van der Waals surface area (Å²) in [6, 6.07) is 12.2. The minimum Gasteiger partial charge on any atom is -0.313 e. The second-order valence-electron chi connectivity index (χ2n) is 6.39. The summed E-state index contributed by atoms with van der Waals surface area (Å²) in [5.74, 6) is -0.454. The number of carbonyl (C=O) groups excluding carboxylic acids is 2. The minimum atomic E-state index is -0.286. The van der Waals surface area contributed by atoms with Crippen LogP contribution >= 0.6 is 22.9 Å². The van der Waals surface area contributed by atoms with Crippen molar-refractivity contribution in [3.63, 3.8) is 0 Å². The molecule has 28 heavy (non-hydrogen) atoms. The molecule has 7 heteroatoms. The number of anilines is 1. The summed E-state index contributed by atoms with van der Waals surface area (Å²) in [5, 5.41) is 5.80. The number of halogens is 1. The van der Waals surface area contributed by atoms with Crippen LogP contribution < -0.4 is 5.32 Å². The zero-order valence-electron chi connectivity index (χ0n) is 15.2. The molecule has 0 aliphatic heterocycles. The van der Waals surface area contributed by atoms with Crippen LogP contribution in [0.15, 0.2) is 54.0 Å². The molecule has 4 rings (SSSR count). The first-order valence-corrected chi connectivity index (χ1v) is 9.85. The normalized spacial score (nSPS) is 11.0. The van der Waals surface area contributed by atoms with Crippen LogP contribution in [-0.4, -0.2) is 21.1 Å². The maximum absolute atomic E-state index is 13.2. The molecule has 0 fully saturated rings. The highest BCUT2D eigenvalue weighted by Crippen LogP contribution is 2.27. The Bertz CT molecular complexity index is 1210. The van der Waals surface area contributed by atoms with Crippen molar-refractivity contribution in [3.8, 4) is 0 Å². The maximum atomic E-state index is 13.2. The number of carbonyl (C=O) groups is 2. The predicted molar refractivity (Wildman–Crippen MR) is 112 cm³/mol. The van der Waals surface area contributed by atoms with Crippen molar-refractivity contribution < 1.29 is 9.59 Å². The smallest absolute Gasteiger partial charge is 0.259 e. The van der Waals surface area contributed by atoms with Crippen LogP contribution in [0.2, 0.25) is 5.02 Å². The molecular formula is C21H16ClN3O2S. The Hall–Kier alpha value is -2.96. The van der Waals surface area contributed by atoms with Gasteiger partial charge in [-0.3, -0.25) is 14.9 Å². The summed E-state index contributed by atoms with van der Waals surface area (Å²) in [5.41, 5.74) is 3.57. The van der Waals surface area contributed by atoms with E-state index in [4.69, 9.17) is 11.6 Å². The van der Waals surface area contributed by atoms with Crippen molar-refractivity contribution in [1.29, 1.82) is 0 Å². The van der Waals surface area contributed by atoms with E-state index in [2.05, 4.69) is 10.3 Å². The fourth-order valence-corrected chi connectivity index (χ4v) is 4.02. The van der Waals surface area contributed by atoms with Gasteiger partial charge in [0.2, 0.25) is 5.78 Å². The van der Waals surface area contributed by atoms with Gasteiger partial charge in [-0.1, -0.05) is 17.7 Å². The number of benzene rings is 1. The molecule has 0 bridgehead atoms. The number of hydrogen-bond donors (Lipinski definition) is 1. The lowest BCUT2D eigenvalue weighted by atomic mass is 10.0. The van der Waals surface area contributed by atoms with Gasteiger partial charge in [-0.05, 0) is 55.8 Å². The molecule has 5 nitrogen and oxygen atoms in total. The van der Waals surface area contributed by atoms with Gasteiger partial charge in [0.05, 0.1) is 22.5 Å². The molecule has 4 aromatic rings. The highest BCUT2D eigenvalue weighted by atomic mass is 35.5. The lowest BCUT2D eigenvalue weighted by Crippen LogP contribution is -2.13. The van der Waals surface area contributed by atoms with E-state index in [-0.39, 0.29) is 11.7 Å². The van der Waals surface area contributed by atoms with E-state index < -0.39 is 0 Å². The number of nitrogens with one attached hydrogen (secondary N) is 1. The molecule has 1 amide bonds. The van der Waals surface area contributed by atoms with E-state index in [9.17, 15) is 9.59 Å². The van der Waals surface area contributed by atoms with Gasteiger partial charge in [-0.25, -0.2) is 4.98 Å². The highest BCUT2D eigenvalue weighted by molar-refractivity contribution is 7.13. The zero-order chi connectivity index (χ0) is 19.8. The first-order valence-electron chi connectivity index (χ1n) is 8.59. The summed E-state index contributed by atoms with van der Waals surface area (Å²) < 4.78 is 1.76. The van der Waals surface area contributed by atoms with Gasteiger partial charge in [0, 0.05) is 22.2 Å².